The fourth-order valence-electron chi connectivity index (χ4n) is 3.08. The van der Waals surface area contributed by atoms with Gasteiger partial charge in [-0.3, -0.25) is 14.4 Å². The summed E-state index contributed by atoms with van der Waals surface area (Å²) in [7, 11) is 0. The standard InChI is InChI=1S/C10H12O2.C8H11N.C8H8O2.C6H14N2O2/c1-2-7-12-10-5-3-9(8-11)4-6-10;9-7-6-8-4-2-1-3-5-8;9-8(10)6-7-4-2-1-3-5-7;7-4-2-1-3-5(8)6(9)10/h3-6,8H,2,7H2,1H3;1-5H,6-7,9H2;1-5H,6H2,(H,9,10);5H,1-4,7-8H2,(H,9,10)/t;;;5-/m...0/s1. The molecule has 0 heterocycles. The van der Waals surface area contributed by atoms with Crippen LogP contribution in [0, 0.1) is 0 Å². The lowest BCUT2D eigenvalue weighted by atomic mass is 10.1. The number of hydrogen-bond acceptors (Lipinski definition) is 7. The van der Waals surface area contributed by atoms with Crippen LogP contribution in [0.15, 0.2) is 84.9 Å². The number of unbranched alkanes of at least 4 members (excludes halogenated alkanes) is 1. The third kappa shape index (κ3) is 21.5. The minimum absolute atomic E-state index is 0.112. The number of carbonyl (C=O) groups excluding carboxylic acids is 1. The normalized spacial score (nSPS) is 10.2. The Morgan fingerprint density at radius 2 is 1.39 bits per heavy atom. The zero-order valence-corrected chi connectivity index (χ0v) is 23.9. The molecule has 8 N–H and O–H groups in total. The summed E-state index contributed by atoms with van der Waals surface area (Å²) in [6.45, 7) is 4.12. The lowest BCUT2D eigenvalue weighted by molar-refractivity contribution is -0.139. The van der Waals surface area contributed by atoms with Crippen molar-refractivity contribution in [1.29, 1.82) is 0 Å². The fraction of sp³-hybridized carbons (Fsp3) is 0.344. The van der Waals surface area contributed by atoms with E-state index in [9.17, 15) is 14.4 Å². The maximum atomic E-state index is 10.3. The monoisotopic (exact) mass is 567 g/mol. The second-order valence-corrected chi connectivity index (χ2v) is 8.84. The molecule has 0 spiro atoms. The quantitative estimate of drug-likeness (QED) is 0.148. The van der Waals surface area contributed by atoms with E-state index in [2.05, 4.69) is 19.1 Å². The highest BCUT2D eigenvalue weighted by atomic mass is 16.5. The molecule has 0 aliphatic rings. The van der Waals surface area contributed by atoms with Crippen molar-refractivity contribution in [3.63, 3.8) is 0 Å². The van der Waals surface area contributed by atoms with E-state index in [1.807, 2.05) is 36.4 Å². The maximum absolute atomic E-state index is 10.3. The summed E-state index contributed by atoms with van der Waals surface area (Å²) in [4.78, 5) is 30.6. The molecular formula is C32H45N3O6. The molecule has 0 amide bonds. The van der Waals surface area contributed by atoms with Gasteiger partial charge >= 0.3 is 11.9 Å². The largest absolute Gasteiger partial charge is 0.494 e. The summed E-state index contributed by atoms with van der Waals surface area (Å²) in [5, 5.41) is 16.7. The predicted octanol–water partition coefficient (Wildman–Crippen LogP) is 4.32. The van der Waals surface area contributed by atoms with Gasteiger partial charge in [0, 0.05) is 5.56 Å². The van der Waals surface area contributed by atoms with Crippen molar-refractivity contribution in [2.45, 2.75) is 51.5 Å². The number of nitrogens with two attached hydrogens (primary N) is 3. The SMILES string of the molecule is CCCOc1ccc(C=O)cc1.NCCCC[C@H](N)C(=O)O.NCCc1ccccc1.O=C(O)Cc1ccccc1. The van der Waals surface area contributed by atoms with Gasteiger partial charge in [-0.15, -0.1) is 0 Å². The van der Waals surface area contributed by atoms with Gasteiger partial charge in [0.15, 0.2) is 0 Å². The molecule has 9 heteroatoms. The number of carboxylic acid groups (broad SMARTS) is 2. The molecule has 0 aliphatic carbocycles. The van der Waals surface area contributed by atoms with Gasteiger partial charge in [0.1, 0.15) is 18.1 Å². The highest BCUT2D eigenvalue weighted by Gasteiger charge is 2.09. The Morgan fingerprint density at radius 3 is 1.83 bits per heavy atom. The molecule has 0 radical (unpaired) electrons. The van der Waals surface area contributed by atoms with E-state index < -0.39 is 18.0 Å². The summed E-state index contributed by atoms with van der Waals surface area (Å²) in [6.07, 6.45) is 5.08. The summed E-state index contributed by atoms with van der Waals surface area (Å²) < 4.78 is 5.34. The first kappa shape index (κ1) is 37.0. The Labute approximate surface area is 243 Å². The van der Waals surface area contributed by atoms with Crippen LogP contribution in [0.1, 0.15) is 54.1 Å². The molecule has 0 saturated carbocycles. The number of ether oxygens (including phenoxy) is 1. The van der Waals surface area contributed by atoms with Crippen molar-refractivity contribution < 1.29 is 29.3 Å². The van der Waals surface area contributed by atoms with Crippen molar-refractivity contribution in [2.24, 2.45) is 17.2 Å². The van der Waals surface area contributed by atoms with Gasteiger partial charge in [0.05, 0.1) is 13.0 Å². The van der Waals surface area contributed by atoms with Crippen LogP contribution in [0.5, 0.6) is 5.75 Å². The van der Waals surface area contributed by atoms with Crippen LogP contribution in [-0.2, 0) is 22.4 Å². The van der Waals surface area contributed by atoms with Gasteiger partial charge in [-0.2, -0.15) is 0 Å². The minimum Gasteiger partial charge on any atom is -0.494 e. The van der Waals surface area contributed by atoms with Crippen LogP contribution in [-0.4, -0.2) is 54.2 Å². The van der Waals surface area contributed by atoms with Crippen LogP contribution in [0.25, 0.3) is 0 Å². The molecule has 0 bridgehead atoms. The smallest absolute Gasteiger partial charge is 0.320 e. The van der Waals surface area contributed by atoms with Gasteiger partial charge in [-0.05, 0) is 74.2 Å². The van der Waals surface area contributed by atoms with Gasteiger partial charge < -0.3 is 32.2 Å². The van der Waals surface area contributed by atoms with Crippen molar-refractivity contribution in [3.8, 4) is 5.75 Å². The van der Waals surface area contributed by atoms with Gasteiger partial charge in [0.25, 0.3) is 0 Å². The third-order valence-electron chi connectivity index (χ3n) is 5.25. The second kappa shape index (κ2) is 25.0. The van der Waals surface area contributed by atoms with E-state index in [0.29, 0.717) is 18.5 Å². The van der Waals surface area contributed by atoms with E-state index in [1.54, 1.807) is 36.4 Å². The zero-order valence-electron chi connectivity index (χ0n) is 23.9. The molecule has 9 nitrogen and oxygen atoms in total. The Kier molecular flexibility index (Phi) is 22.5. The van der Waals surface area contributed by atoms with Gasteiger partial charge in [-0.25, -0.2) is 0 Å². The lowest BCUT2D eigenvalue weighted by Gasteiger charge is -2.03. The number of carboxylic acids is 2. The Balaban J connectivity index is 0.000000523. The molecule has 0 aliphatic heterocycles. The molecule has 0 fully saturated rings. The molecule has 0 unspecified atom stereocenters. The first-order valence-electron chi connectivity index (χ1n) is 13.6. The van der Waals surface area contributed by atoms with E-state index in [1.165, 1.54) is 5.56 Å². The third-order valence-corrected chi connectivity index (χ3v) is 5.25. The molecule has 3 aromatic rings. The number of benzene rings is 3. The van der Waals surface area contributed by atoms with E-state index >= 15 is 0 Å². The summed E-state index contributed by atoms with van der Waals surface area (Å²) >= 11 is 0. The topological polar surface area (TPSA) is 179 Å². The highest BCUT2D eigenvalue weighted by Crippen LogP contribution is 2.10. The van der Waals surface area contributed by atoms with Crippen LogP contribution in [0.2, 0.25) is 0 Å². The van der Waals surface area contributed by atoms with Crippen molar-refractivity contribution >= 4 is 18.2 Å². The Bertz CT molecular complexity index is 1060. The number of aldehydes is 1. The summed E-state index contributed by atoms with van der Waals surface area (Å²) in [6, 6.07) is 25.8. The number of rotatable bonds is 13. The zero-order chi connectivity index (χ0) is 30.7. The summed E-state index contributed by atoms with van der Waals surface area (Å²) in [5.41, 5.74) is 18.6. The van der Waals surface area contributed by atoms with Gasteiger partial charge in [-0.1, -0.05) is 74.0 Å². The Morgan fingerprint density at radius 1 is 0.829 bits per heavy atom. The maximum Gasteiger partial charge on any atom is 0.320 e. The second-order valence-electron chi connectivity index (χ2n) is 8.84. The lowest BCUT2D eigenvalue weighted by Crippen LogP contribution is -2.29. The van der Waals surface area contributed by atoms with Crippen LogP contribution < -0.4 is 21.9 Å². The Hall–Kier alpha value is -4.05. The minimum atomic E-state index is -0.933. The van der Waals surface area contributed by atoms with E-state index in [-0.39, 0.29) is 6.42 Å². The molecule has 0 aromatic heterocycles. The van der Waals surface area contributed by atoms with Crippen molar-refractivity contribution in [3.05, 3.63) is 102 Å². The van der Waals surface area contributed by atoms with Crippen LogP contribution in [0.4, 0.5) is 0 Å². The first-order chi connectivity index (χ1) is 19.8. The number of hydrogen-bond donors (Lipinski definition) is 5. The molecule has 3 aromatic carbocycles. The molecule has 224 valence electrons. The molecular weight excluding hydrogens is 522 g/mol. The highest BCUT2D eigenvalue weighted by molar-refractivity contribution is 5.74. The molecule has 1 atom stereocenters. The average molecular weight is 568 g/mol. The van der Waals surface area contributed by atoms with E-state index in [0.717, 1.165) is 56.4 Å². The fourth-order valence-corrected chi connectivity index (χ4v) is 3.08. The number of aliphatic carboxylic acids is 2. The van der Waals surface area contributed by atoms with Crippen LogP contribution in [0.3, 0.4) is 0 Å². The summed E-state index contributed by atoms with van der Waals surface area (Å²) in [5.74, 6) is -0.898. The average Bonchev–Trinajstić information content (AvgIpc) is 2.98. The number of carbonyl (C=O) groups is 3. The van der Waals surface area contributed by atoms with Gasteiger partial charge in [0.2, 0.25) is 0 Å². The molecule has 3 rings (SSSR count). The first-order valence-corrected chi connectivity index (χ1v) is 13.6. The van der Waals surface area contributed by atoms with Crippen molar-refractivity contribution in [1.82, 2.24) is 0 Å². The van der Waals surface area contributed by atoms with E-state index in [4.69, 9.17) is 32.2 Å². The van der Waals surface area contributed by atoms with Crippen molar-refractivity contribution in [2.75, 3.05) is 19.7 Å². The van der Waals surface area contributed by atoms with Crippen LogP contribution >= 0.6 is 0 Å². The molecule has 41 heavy (non-hydrogen) atoms. The predicted molar refractivity (Wildman–Crippen MR) is 163 cm³/mol. The molecule has 0 saturated heterocycles.